The van der Waals surface area contributed by atoms with Crippen LogP contribution < -0.4 is 5.32 Å². The fraction of sp³-hybridized carbons (Fsp3) is 0.435. The number of nitrogens with zero attached hydrogens (tertiary/aromatic N) is 1. The van der Waals surface area contributed by atoms with E-state index >= 15 is 0 Å². The van der Waals surface area contributed by atoms with Crippen LogP contribution in [0.15, 0.2) is 42.5 Å². The number of halogens is 1. The molecule has 1 N–H and O–H groups in total. The van der Waals surface area contributed by atoms with Crippen molar-refractivity contribution < 1.29 is 9.18 Å². The summed E-state index contributed by atoms with van der Waals surface area (Å²) in [4.78, 5) is 14.0. The number of aryl methyl sites for hydroxylation is 1. The van der Waals surface area contributed by atoms with E-state index in [1.165, 1.54) is 24.0 Å². The average molecular weight is 366 g/mol. The van der Waals surface area contributed by atoms with Crippen molar-refractivity contribution in [3.8, 4) is 0 Å². The smallest absolute Gasteiger partial charge is 0.228 e. The number of hydrogen-bond acceptors (Lipinski definition) is 2. The molecule has 2 heterocycles. The fourth-order valence-electron chi connectivity index (χ4n) is 4.31. The Morgan fingerprint density at radius 2 is 1.78 bits per heavy atom. The zero-order valence-electron chi connectivity index (χ0n) is 15.7. The van der Waals surface area contributed by atoms with Crippen LogP contribution in [0.3, 0.4) is 0 Å². The van der Waals surface area contributed by atoms with E-state index in [1.54, 1.807) is 12.1 Å². The number of nitrogens with one attached hydrogen (secondary N) is 1. The predicted molar refractivity (Wildman–Crippen MR) is 106 cm³/mol. The third kappa shape index (κ3) is 4.75. The number of rotatable bonds is 6. The summed E-state index contributed by atoms with van der Waals surface area (Å²) in [6, 6.07) is 13.3. The Hall–Kier alpha value is -2.20. The van der Waals surface area contributed by atoms with Gasteiger partial charge in [-0.15, -0.1) is 0 Å². The molecule has 3 nitrogen and oxygen atoms in total. The Labute approximate surface area is 160 Å². The molecule has 0 unspecified atom stereocenters. The molecule has 2 aromatic carbocycles. The van der Waals surface area contributed by atoms with Crippen molar-refractivity contribution in [2.24, 2.45) is 5.92 Å². The second kappa shape index (κ2) is 8.22. The molecule has 0 radical (unpaired) electrons. The Kier molecular flexibility index (Phi) is 5.53. The van der Waals surface area contributed by atoms with E-state index in [0.717, 1.165) is 50.1 Å². The summed E-state index contributed by atoms with van der Waals surface area (Å²) in [5.41, 5.74) is 4.70. The Morgan fingerprint density at radius 3 is 2.56 bits per heavy atom. The Morgan fingerprint density at radius 1 is 1.04 bits per heavy atom. The Balaban J connectivity index is 1.18. The summed E-state index contributed by atoms with van der Waals surface area (Å²) in [6.45, 7) is 3.46. The highest BCUT2D eigenvalue weighted by Crippen LogP contribution is 2.25. The molecule has 1 amide bonds. The van der Waals surface area contributed by atoms with E-state index in [0.29, 0.717) is 12.3 Å². The molecule has 1 saturated heterocycles. The van der Waals surface area contributed by atoms with Crippen molar-refractivity contribution in [2.75, 3.05) is 25.0 Å². The first-order valence-electron chi connectivity index (χ1n) is 10.0. The van der Waals surface area contributed by atoms with Gasteiger partial charge >= 0.3 is 0 Å². The highest BCUT2D eigenvalue weighted by molar-refractivity contribution is 5.99. The van der Waals surface area contributed by atoms with Crippen LogP contribution in [0.25, 0.3) is 0 Å². The number of carbonyl (C=O) groups excluding carboxylic acids is 1. The number of amides is 1. The molecule has 2 aromatic rings. The van der Waals surface area contributed by atoms with Crippen molar-refractivity contribution in [2.45, 2.75) is 38.5 Å². The van der Waals surface area contributed by atoms with Gasteiger partial charge < -0.3 is 10.2 Å². The van der Waals surface area contributed by atoms with E-state index in [1.807, 2.05) is 18.2 Å². The molecule has 27 heavy (non-hydrogen) atoms. The zero-order chi connectivity index (χ0) is 18.6. The van der Waals surface area contributed by atoms with Gasteiger partial charge in [0, 0.05) is 5.69 Å². The van der Waals surface area contributed by atoms with Gasteiger partial charge in [0.1, 0.15) is 5.82 Å². The molecule has 4 rings (SSSR count). The highest BCUT2D eigenvalue weighted by atomic mass is 19.1. The summed E-state index contributed by atoms with van der Waals surface area (Å²) in [7, 11) is 0. The summed E-state index contributed by atoms with van der Waals surface area (Å²) in [5.74, 6) is 0.666. The van der Waals surface area contributed by atoms with Crippen LogP contribution in [-0.2, 0) is 24.1 Å². The molecule has 0 saturated carbocycles. The molecule has 2 aliphatic rings. The van der Waals surface area contributed by atoms with Crippen LogP contribution in [0.2, 0.25) is 0 Å². The highest BCUT2D eigenvalue weighted by Gasteiger charge is 2.20. The number of likely N-dealkylation sites (tertiary alicyclic amines) is 1. The van der Waals surface area contributed by atoms with Crippen LogP contribution in [-0.4, -0.2) is 30.4 Å². The first-order valence-corrected chi connectivity index (χ1v) is 10.0. The summed E-state index contributed by atoms with van der Waals surface area (Å²) in [5, 5.41) is 2.89. The summed E-state index contributed by atoms with van der Waals surface area (Å²) < 4.78 is 13.0. The first-order chi connectivity index (χ1) is 13.2. The van der Waals surface area contributed by atoms with E-state index < -0.39 is 0 Å². The molecule has 142 valence electrons. The van der Waals surface area contributed by atoms with Crippen molar-refractivity contribution in [1.29, 1.82) is 0 Å². The van der Waals surface area contributed by atoms with Crippen LogP contribution in [0.1, 0.15) is 36.0 Å². The van der Waals surface area contributed by atoms with Crippen molar-refractivity contribution in [1.82, 2.24) is 4.90 Å². The van der Waals surface area contributed by atoms with Crippen LogP contribution in [0, 0.1) is 11.7 Å². The van der Waals surface area contributed by atoms with Gasteiger partial charge in [-0.05, 0) is 92.5 Å². The molecule has 0 aliphatic carbocycles. The largest absolute Gasteiger partial charge is 0.326 e. The third-order valence-electron chi connectivity index (χ3n) is 5.88. The normalized spacial score (nSPS) is 17.7. The molecule has 1 fully saturated rings. The van der Waals surface area contributed by atoms with Gasteiger partial charge in [-0.1, -0.05) is 24.3 Å². The third-order valence-corrected chi connectivity index (χ3v) is 5.88. The lowest BCUT2D eigenvalue weighted by Crippen LogP contribution is -2.35. The summed E-state index contributed by atoms with van der Waals surface area (Å²) in [6.07, 6.45) is 6.26. The second-order valence-electron chi connectivity index (χ2n) is 7.94. The minimum Gasteiger partial charge on any atom is -0.326 e. The number of benzene rings is 2. The van der Waals surface area contributed by atoms with Crippen molar-refractivity contribution >= 4 is 11.6 Å². The van der Waals surface area contributed by atoms with Gasteiger partial charge in [0.15, 0.2) is 0 Å². The molecule has 0 spiro atoms. The SMILES string of the molecule is O=C1Cc2cc(CCCN3CCC(Cc4ccc(F)cc4)CC3)ccc2N1. The topological polar surface area (TPSA) is 32.3 Å². The lowest BCUT2D eigenvalue weighted by Gasteiger charge is -2.32. The maximum absolute atomic E-state index is 13.0. The van der Waals surface area contributed by atoms with E-state index in [-0.39, 0.29) is 11.7 Å². The quantitative estimate of drug-likeness (QED) is 0.831. The van der Waals surface area contributed by atoms with Gasteiger partial charge in [-0.3, -0.25) is 4.79 Å². The molecule has 4 heteroatoms. The van der Waals surface area contributed by atoms with Crippen LogP contribution in [0.5, 0.6) is 0 Å². The van der Waals surface area contributed by atoms with E-state index in [9.17, 15) is 9.18 Å². The fourth-order valence-corrected chi connectivity index (χ4v) is 4.31. The lowest BCUT2D eigenvalue weighted by atomic mass is 9.90. The van der Waals surface area contributed by atoms with Gasteiger partial charge in [0.05, 0.1) is 6.42 Å². The first kappa shape index (κ1) is 18.2. The standard InChI is InChI=1S/C23H27FN2O/c24-21-6-3-18(4-7-21)14-19-9-12-26(13-10-19)11-1-2-17-5-8-22-20(15-17)16-23(27)25-22/h3-8,15,19H,1-2,9-14,16H2,(H,25,27). The summed E-state index contributed by atoms with van der Waals surface area (Å²) >= 11 is 0. The molecule has 0 bridgehead atoms. The molecular formula is C23H27FN2O. The number of piperidine rings is 1. The number of fused-ring (bicyclic) bond motifs is 1. The number of anilines is 1. The molecular weight excluding hydrogens is 339 g/mol. The lowest BCUT2D eigenvalue weighted by molar-refractivity contribution is -0.115. The molecule has 2 aliphatic heterocycles. The van der Waals surface area contributed by atoms with Gasteiger partial charge in [0.25, 0.3) is 0 Å². The van der Waals surface area contributed by atoms with Crippen LogP contribution in [0.4, 0.5) is 10.1 Å². The second-order valence-corrected chi connectivity index (χ2v) is 7.94. The van der Waals surface area contributed by atoms with E-state index in [4.69, 9.17) is 0 Å². The van der Waals surface area contributed by atoms with Gasteiger partial charge in [-0.25, -0.2) is 4.39 Å². The predicted octanol–water partition coefficient (Wildman–Crippen LogP) is 4.21. The van der Waals surface area contributed by atoms with E-state index in [2.05, 4.69) is 22.3 Å². The van der Waals surface area contributed by atoms with Gasteiger partial charge in [0.2, 0.25) is 5.91 Å². The number of carbonyl (C=O) groups is 1. The molecule has 0 atom stereocenters. The minimum absolute atomic E-state index is 0.102. The monoisotopic (exact) mass is 366 g/mol. The van der Waals surface area contributed by atoms with Gasteiger partial charge in [-0.2, -0.15) is 0 Å². The van der Waals surface area contributed by atoms with Crippen molar-refractivity contribution in [3.05, 3.63) is 65.0 Å². The van der Waals surface area contributed by atoms with Crippen LogP contribution >= 0.6 is 0 Å². The maximum atomic E-state index is 13.0. The minimum atomic E-state index is -0.153. The maximum Gasteiger partial charge on any atom is 0.228 e. The van der Waals surface area contributed by atoms with Crippen molar-refractivity contribution in [3.63, 3.8) is 0 Å². The Bertz CT molecular complexity index is 795. The zero-order valence-corrected chi connectivity index (χ0v) is 15.7. The molecule has 0 aromatic heterocycles. The number of hydrogen-bond donors (Lipinski definition) is 1. The average Bonchev–Trinajstić information content (AvgIpc) is 3.04.